The summed E-state index contributed by atoms with van der Waals surface area (Å²) in [4.78, 5) is 26.5. The van der Waals surface area contributed by atoms with E-state index in [4.69, 9.17) is 0 Å². The normalized spacial score (nSPS) is 16.5. The summed E-state index contributed by atoms with van der Waals surface area (Å²) in [5.41, 5.74) is 1.91. The molecule has 1 saturated heterocycles. The molecule has 1 fully saturated rings. The predicted molar refractivity (Wildman–Crippen MR) is 102 cm³/mol. The van der Waals surface area contributed by atoms with Crippen molar-refractivity contribution in [2.24, 2.45) is 0 Å². The van der Waals surface area contributed by atoms with Gasteiger partial charge in [-0.05, 0) is 24.1 Å². The summed E-state index contributed by atoms with van der Waals surface area (Å²) >= 11 is 1.59. The molecule has 2 N–H and O–H groups in total. The van der Waals surface area contributed by atoms with Crippen molar-refractivity contribution in [3.05, 3.63) is 66.2 Å². The smallest absolute Gasteiger partial charge is 0.323 e. The fraction of sp³-hybridized carbons (Fsp3) is 0.263. The van der Waals surface area contributed by atoms with Gasteiger partial charge in [-0.3, -0.25) is 4.79 Å². The highest BCUT2D eigenvalue weighted by Gasteiger charge is 2.34. The van der Waals surface area contributed by atoms with Gasteiger partial charge in [-0.1, -0.05) is 48.5 Å². The van der Waals surface area contributed by atoms with E-state index >= 15 is 0 Å². The van der Waals surface area contributed by atoms with E-state index in [1.165, 1.54) is 5.56 Å². The van der Waals surface area contributed by atoms with Crippen molar-refractivity contribution >= 4 is 29.4 Å². The number of para-hydroxylation sites is 1. The lowest BCUT2D eigenvalue weighted by molar-refractivity contribution is -0.124. The van der Waals surface area contributed by atoms with Crippen LogP contribution in [0.4, 0.5) is 10.5 Å². The first-order valence-corrected chi connectivity index (χ1v) is 9.41. The zero-order valence-corrected chi connectivity index (χ0v) is 14.7. The Morgan fingerprint density at radius 1 is 1.04 bits per heavy atom. The number of nitrogens with one attached hydrogen (secondary N) is 2. The Balaban J connectivity index is 1.51. The van der Waals surface area contributed by atoms with E-state index in [1.807, 2.05) is 60.7 Å². The number of benzene rings is 2. The second-order valence-corrected chi connectivity index (χ2v) is 6.81. The maximum atomic E-state index is 12.5. The van der Waals surface area contributed by atoms with Gasteiger partial charge in [-0.2, -0.15) is 0 Å². The van der Waals surface area contributed by atoms with Crippen LogP contribution in [0.3, 0.4) is 0 Å². The lowest BCUT2D eigenvalue weighted by Crippen LogP contribution is -2.49. The van der Waals surface area contributed by atoms with E-state index in [9.17, 15) is 9.59 Å². The zero-order valence-electron chi connectivity index (χ0n) is 13.9. The Bertz CT molecular complexity index is 709. The van der Waals surface area contributed by atoms with Crippen LogP contribution in [-0.4, -0.2) is 41.1 Å². The minimum atomic E-state index is -0.426. The van der Waals surface area contributed by atoms with Crippen molar-refractivity contribution in [3.63, 3.8) is 0 Å². The van der Waals surface area contributed by atoms with Crippen molar-refractivity contribution in [3.8, 4) is 0 Å². The molecule has 2 aromatic rings. The fourth-order valence-corrected chi connectivity index (χ4v) is 3.82. The third-order valence-electron chi connectivity index (χ3n) is 4.03. The first-order valence-electron chi connectivity index (χ1n) is 8.26. The summed E-state index contributed by atoms with van der Waals surface area (Å²) in [6, 6.07) is 18.6. The van der Waals surface area contributed by atoms with E-state index in [2.05, 4.69) is 10.6 Å². The Morgan fingerprint density at radius 2 is 1.72 bits per heavy atom. The summed E-state index contributed by atoms with van der Waals surface area (Å²) in [7, 11) is 0. The Labute approximate surface area is 151 Å². The molecule has 0 radical (unpaired) electrons. The molecule has 2 aromatic carbocycles. The molecule has 6 heteroatoms. The summed E-state index contributed by atoms with van der Waals surface area (Å²) in [6.45, 7) is 0.568. The number of carbonyl (C=O) groups excluding carboxylic acids is 2. The highest BCUT2D eigenvalue weighted by atomic mass is 32.2. The fourth-order valence-electron chi connectivity index (χ4n) is 2.67. The molecule has 1 aliphatic rings. The SMILES string of the molecule is O=C(NCCc1ccccc1)C1CSCN1C(=O)Nc1ccccc1. The standard InChI is InChI=1S/C19H21N3O2S/c23-18(20-12-11-15-7-3-1-4-8-15)17-13-25-14-22(17)19(24)21-16-9-5-2-6-10-16/h1-10,17H,11-14H2,(H,20,23)(H,21,24). The monoisotopic (exact) mass is 355 g/mol. The number of anilines is 1. The summed E-state index contributed by atoms with van der Waals surface area (Å²) < 4.78 is 0. The van der Waals surface area contributed by atoms with Crippen LogP contribution in [0.2, 0.25) is 0 Å². The van der Waals surface area contributed by atoms with E-state index in [0.717, 1.165) is 12.1 Å². The molecule has 0 aliphatic carbocycles. The van der Waals surface area contributed by atoms with Crippen LogP contribution in [0.25, 0.3) is 0 Å². The van der Waals surface area contributed by atoms with Crippen LogP contribution in [0.5, 0.6) is 0 Å². The van der Waals surface area contributed by atoms with Crippen LogP contribution in [-0.2, 0) is 11.2 Å². The van der Waals surface area contributed by atoms with Crippen LogP contribution >= 0.6 is 11.8 Å². The minimum absolute atomic E-state index is 0.0934. The van der Waals surface area contributed by atoms with Crippen molar-refractivity contribution in [2.75, 3.05) is 23.5 Å². The molecule has 1 heterocycles. The molecule has 3 rings (SSSR count). The van der Waals surface area contributed by atoms with E-state index in [-0.39, 0.29) is 11.9 Å². The average Bonchev–Trinajstić information content (AvgIpc) is 3.13. The van der Waals surface area contributed by atoms with Crippen molar-refractivity contribution < 1.29 is 9.59 Å². The zero-order chi connectivity index (χ0) is 17.5. The molecule has 25 heavy (non-hydrogen) atoms. The van der Waals surface area contributed by atoms with Crippen LogP contribution < -0.4 is 10.6 Å². The first kappa shape index (κ1) is 17.4. The average molecular weight is 355 g/mol. The number of thioether (sulfide) groups is 1. The van der Waals surface area contributed by atoms with Crippen LogP contribution in [0.1, 0.15) is 5.56 Å². The largest absolute Gasteiger partial charge is 0.354 e. The van der Waals surface area contributed by atoms with Gasteiger partial charge in [-0.15, -0.1) is 11.8 Å². The second-order valence-electron chi connectivity index (χ2n) is 5.81. The predicted octanol–water partition coefficient (Wildman–Crippen LogP) is 2.95. The van der Waals surface area contributed by atoms with Crippen molar-refractivity contribution in [2.45, 2.75) is 12.5 Å². The summed E-state index contributed by atoms with van der Waals surface area (Å²) in [5, 5.41) is 5.79. The van der Waals surface area contributed by atoms with Gasteiger partial charge in [0.2, 0.25) is 5.91 Å². The highest BCUT2D eigenvalue weighted by Crippen LogP contribution is 2.22. The molecule has 0 bridgehead atoms. The van der Waals surface area contributed by atoms with Gasteiger partial charge in [0.05, 0.1) is 5.88 Å². The summed E-state index contributed by atoms with van der Waals surface area (Å²) in [5.74, 6) is 1.05. The van der Waals surface area contributed by atoms with Gasteiger partial charge in [0.1, 0.15) is 6.04 Å². The maximum Gasteiger partial charge on any atom is 0.323 e. The van der Waals surface area contributed by atoms with E-state index in [1.54, 1.807) is 16.7 Å². The number of urea groups is 1. The maximum absolute atomic E-state index is 12.5. The lowest BCUT2D eigenvalue weighted by atomic mass is 10.1. The van der Waals surface area contributed by atoms with Gasteiger partial charge in [0, 0.05) is 18.0 Å². The number of nitrogens with zero attached hydrogens (tertiary/aromatic N) is 1. The summed E-state index contributed by atoms with van der Waals surface area (Å²) in [6.07, 6.45) is 0.780. The van der Waals surface area contributed by atoms with Crippen LogP contribution in [0, 0.1) is 0 Å². The molecule has 5 nitrogen and oxygen atoms in total. The van der Waals surface area contributed by atoms with Gasteiger partial charge in [0.25, 0.3) is 0 Å². The number of amides is 3. The van der Waals surface area contributed by atoms with Gasteiger partial charge < -0.3 is 15.5 Å². The Morgan fingerprint density at radius 3 is 2.44 bits per heavy atom. The molecule has 1 atom stereocenters. The quantitative estimate of drug-likeness (QED) is 0.867. The van der Waals surface area contributed by atoms with Gasteiger partial charge in [-0.25, -0.2) is 4.79 Å². The highest BCUT2D eigenvalue weighted by molar-refractivity contribution is 7.99. The Hall–Kier alpha value is -2.47. The molecule has 0 aromatic heterocycles. The van der Waals surface area contributed by atoms with Gasteiger partial charge in [0.15, 0.2) is 0 Å². The third-order valence-corrected chi connectivity index (χ3v) is 5.04. The van der Waals surface area contributed by atoms with Crippen LogP contribution in [0.15, 0.2) is 60.7 Å². The first-order chi connectivity index (χ1) is 12.2. The van der Waals surface area contributed by atoms with E-state index < -0.39 is 6.04 Å². The molecule has 0 saturated carbocycles. The number of rotatable bonds is 5. The minimum Gasteiger partial charge on any atom is -0.354 e. The molecule has 1 unspecified atom stereocenters. The number of hydrogen-bond acceptors (Lipinski definition) is 3. The van der Waals surface area contributed by atoms with E-state index in [0.29, 0.717) is 18.2 Å². The van der Waals surface area contributed by atoms with Gasteiger partial charge >= 0.3 is 6.03 Å². The van der Waals surface area contributed by atoms with Crippen molar-refractivity contribution in [1.82, 2.24) is 10.2 Å². The third kappa shape index (κ3) is 4.76. The molecule has 1 aliphatic heterocycles. The topological polar surface area (TPSA) is 61.4 Å². The molecule has 130 valence electrons. The molecular weight excluding hydrogens is 334 g/mol. The number of hydrogen-bond donors (Lipinski definition) is 2. The Kier molecular flexibility index (Phi) is 5.95. The second kappa shape index (κ2) is 8.58. The lowest BCUT2D eigenvalue weighted by Gasteiger charge is -2.23. The van der Waals surface area contributed by atoms with Crippen molar-refractivity contribution in [1.29, 1.82) is 0 Å². The number of carbonyl (C=O) groups is 2. The molecule has 0 spiro atoms. The molecular formula is C19H21N3O2S. The molecule has 3 amide bonds.